The number of benzene rings is 1. The van der Waals surface area contributed by atoms with Crippen LogP contribution in [0.2, 0.25) is 0 Å². The lowest BCUT2D eigenvalue weighted by molar-refractivity contribution is -0.120. The van der Waals surface area contributed by atoms with Crippen LogP contribution in [-0.2, 0) is 20.7 Å². The summed E-state index contributed by atoms with van der Waals surface area (Å²) in [6.07, 6.45) is 9.77. The number of ether oxygens (including phenoxy) is 2. The maximum absolute atomic E-state index is 12.3. The van der Waals surface area contributed by atoms with E-state index in [-0.39, 0.29) is 24.5 Å². The minimum Gasteiger partial charge on any atom is -0.393 e. The quantitative estimate of drug-likeness (QED) is 0.151. The number of carbonyl (C=O) groups is 1. The van der Waals surface area contributed by atoms with Gasteiger partial charge in [0, 0.05) is 31.4 Å². The van der Waals surface area contributed by atoms with Crippen molar-refractivity contribution >= 4 is 29.4 Å². The van der Waals surface area contributed by atoms with Gasteiger partial charge >= 0.3 is 0 Å². The first-order valence-electron chi connectivity index (χ1n) is 15.5. The van der Waals surface area contributed by atoms with Crippen LogP contribution in [0.25, 0.3) is 0 Å². The minimum absolute atomic E-state index is 0.0595. The first-order chi connectivity index (χ1) is 20.6. The predicted molar refractivity (Wildman–Crippen MR) is 164 cm³/mol. The fraction of sp³-hybridized carbons (Fsp3) is 0.667. The van der Waals surface area contributed by atoms with Gasteiger partial charge in [-0.1, -0.05) is 31.4 Å². The monoisotopic (exact) mass is 584 g/mol. The summed E-state index contributed by atoms with van der Waals surface area (Å²) in [5.41, 5.74) is 7.09. The zero-order chi connectivity index (χ0) is 29.4. The van der Waals surface area contributed by atoms with Crippen molar-refractivity contribution in [2.24, 2.45) is 11.7 Å². The van der Waals surface area contributed by atoms with Gasteiger partial charge < -0.3 is 41.6 Å². The Hall–Kier alpha value is -3.06. The van der Waals surface area contributed by atoms with Crippen molar-refractivity contribution in [1.82, 2.24) is 20.3 Å². The molecular formula is C30H48N8O4. The van der Waals surface area contributed by atoms with Crippen molar-refractivity contribution in [3.63, 3.8) is 0 Å². The van der Waals surface area contributed by atoms with Crippen molar-refractivity contribution in [3.05, 3.63) is 29.8 Å². The average Bonchev–Trinajstić information content (AvgIpc) is 3.00. The van der Waals surface area contributed by atoms with E-state index >= 15 is 0 Å². The van der Waals surface area contributed by atoms with E-state index in [1.54, 1.807) is 0 Å². The molecule has 2 aliphatic carbocycles. The Morgan fingerprint density at radius 3 is 2.29 bits per heavy atom. The second-order valence-corrected chi connectivity index (χ2v) is 11.2. The topological polar surface area (TPSA) is 169 Å². The third kappa shape index (κ3) is 11.7. The van der Waals surface area contributed by atoms with Crippen molar-refractivity contribution in [2.75, 3.05) is 62.0 Å². The first-order valence-corrected chi connectivity index (χ1v) is 15.5. The number of nitrogens with zero attached hydrogens (tertiary/aromatic N) is 3. The molecule has 0 saturated heterocycles. The summed E-state index contributed by atoms with van der Waals surface area (Å²) in [6.45, 7) is 3.73. The Labute approximate surface area is 249 Å². The summed E-state index contributed by atoms with van der Waals surface area (Å²) in [4.78, 5) is 26.3. The molecule has 1 heterocycles. The van der Waals surface area contributed by atoms with Crippen LogP contribution in [0.4, 0.5) is 23.5 Å². The third-order valence-corrected chi connectivity index (χ3v) is 7.72. The molecule has 1 aromatic heterocycles. The lowest BCUT2D eigenvalue weighted by Gasteiger charge is -2.26. The van der Waals surface area contributed by atoms with Gasteiger partial charge in [0.2, 0.25) is 23.8 Å². The lowest BCUT2D eigenvalue weighted by atomic mass is 9.89. The molecule has 232 valence electrons. The van der Waals surface area contributed by atoms with Crippen LogP contribution in [0.3, 0.4) is 0 Å². The standard InChI is InChI=1S/C30H48N8O4/c31-14-16-41-18-19-42-17-15-32-27(40)20-22-6-8-24(9-7-22)34-29-36-28(33-21-23-4-2-1-3-5-23)37-30(38-29)35-25-10-12-26(39)13-11-25/h6-9,23,25-26,39H,1-5,10-21,31H2,(H,32,40)(H3,33,34,35,36,37,38). The smallest absolute Gasteiger partial charge is 0.233 e. The number of aromatic nitrogens is 3. The molecule has 0 aliphatic heterocycles. The number of nitrogens with one attached hydrogen (secondary N) is 4. The summed E-state index contributed by atoms with van der Waals surface area (Å²) in [6, 6.07) is 7.90. The van der Waals surface area contributed by atoms with Crippen molar-refractivity contribution < 1.29 is 19.4 Å². The molecule has 2 aliphatic rings. The fourth-order valence-electron chi connectivity index (χ4n) is 5.36. The molecule has 12 nitrogen and oxygen atoms in total. The van der Waals surface area contributed by atoms with Crippen LogP contribution < -0.4 is 27.0 Å². The molecule has 2 aromatic rings. The molecule has 12 heteroatoms. The highest BCUT2D eigenvalue weighted by Gasteiger charge is 2.21. The SMILES string of the molecule is NCCOCCOCCNC(=O)Cc1ccc(Nc2nc(NCC3CCCCC3)nc(NC3CCC(O)CC3)n2)cc1. The number of anilines is 4. The maximum Gasteiger partial charge on any atom is 0.233 e. The Morgan fingerprint density at radius 2 is 1.55 bits per heavy atom. The van der Waals surface area contributed by atoms with Crippen LogP contribution in [0.1, 0.15) is 63.4 Å². The number of nitrogens with two attached hydrogens (primary N) is 1. The highest BCUT2D eigenvalue weighted by Crippen LogP contribution is 2.25. The van der Waals surface area contributed by atoms with Crippen molar-refractivity contribution in [2.45, 2.75) is 76.4 Å². The van der Waals surface area contributed by atoms with Gasteiger partial charge in [-0.2, -0.15) is 15.0 Å². The van der Waals surface area contributed by atoms with E-state index < -0.39 is 0 Å². The van der Waals surface area contributed by atoms with E-state index in [4.69, 9.17) is 15.2 Å². The van der Waals surface area contributed by atoms with Crippen LogP contribution >= 0.6 is 0 Å². The predicted octanol–water partition coefficient (Wildman–Crippen LogP) is 2.97. The van der Waals surface area contributed by atoms with Crippen LogP contribution in [0.15, 0.2) is 24.3 Å². The van der Waals surface area contributed by atoms with E-state index in [0.717, 1.165) is 43.5 Å². The van der Waals surface area contributed by atoms with Crippen molar-refractivity contribution in [1.29, 1.82) is 0 Å². The molecule has 2 saturated carbocycles. The first kappa shape index (κ1) is 31.9. The van der Waals surface area contributed by atoms with Gasteiger partial charge in [0.1, 0.15) is 0 Å². The lowest BCUT2D eigenvalue weighted by Crippen LogP contribution is -2.29. The van der Waals surface area contributed by atoms with Gasteiger partial charge in [0.15, 0.2) is 0 Å². The second kappa shape index (κ2) is 17.8. The summed E-state index contributed by atoms with van der Waals surface area (Å²) < 4.78 is 10.7. The minimum atomic E-state index is -0.216. The Morgan fingerprint density at radius 1 is 0.857 bits per heavy atom. The van der Waals surface area contributed by atoms with Gasteiger partial charge in [-0.15, -0.1) is 0 Å². The third-order valence-electron chi connectivity index (χ3n) is 7.72. The number of aliphatic hydroxyl groups excluding tert-OH is 1. The normalized spacial score (nSPS) is 19.3. The molecule has 0 bridgehead atoms. The summed E-state index contributed by atoms with van der Waals surface area (Å²) in [5.74, 6) is 2.11. The molecule has 0 spiro atoms. The summed E-state index contributed by atoms with van der Waals surface area (Å²) in [5, 5.41) is 22.9. The number of carbonyl (C=O) groups excluding carboxylic acids is 1. The highest BCUT2D eigenvalue weighted by atomic mass is 16.5. The van der Waals surface area contributed by atoms with E-state index in [1.165, 1.54) is 32.1 Å². The van der Waals surface area contributed by atoms with Crippen LogP contribution in [-0.4, -0.2) is 84.2 Å². The number of amides is 1. The summed E-state index contributed by atoms with van der Waals surface area (Å²) >= 11 is 0. The van der Waals surface area contributed by atoms with Gasteiger partial charge in [-0.3, -0.25) is 4.79 Å². The Kier molecular flexibility index (Phi) is 13.5. The molecular weight excluding hydrogens is 536 g/mol. The summed E-state index contributed by atoms with van der Waals surface area (Å²) in [7, 11) is 0. The Balaban J connectivity index is 1.28. The maximum atomic E-state index is 12.3. The number of rotatable bonds is 17. The van der Waals surface area contributed by atoms with E-state index in [2.05, 4.69) is 36.2 Å². The van der Waals surface area contributed by atoms with E-state index in [0.29, 0.717) is 63.3 Å². The molecule has 42 heavy (non-hydrogen) atoms. The Bertz CT molecular complexity index is 1060. The second-order valence-electron chi connectivity index (χ2n) is 11.2. The highest BCUT2D eigenvalue weighted by molar-refractivity contribution is 5.78. The van der Waals surface area contributed by atoms with E-state index in [9.17, 15) is 9.90 Å². The zero-order valence-corrected chi connectivity index (χ0v) is 24.7. The molecule has 4 rings (SSSR count). The molecule has 7 N–H and O–H groups in total. The van der Waals surface area contributed by atoms with E-state index in [1.807, 2.05) is 24.3 Å². The molecule has 0 unspecified atom stereocenters. The van der Waals surface area contributed by atoms with Crippen LogP contribution in [0.5, 0.6) is 0 Å². The van der Waals surface area contributed by atoms with Gasteiger partial charge in [-0.05, 0) is 62.1 Å². The number of aliphatic hydroxyl groups is 1. The zero-order valence-electron chi connectivity index (χ0n) is 24.7. The molecule has 1 amide bonds. The molecule has 2 fully saturated rings. The van der Waals surface area contributed by atoms with Gasteiger partial charge in [-0.25, -0.2) is 0 Å². The fourth-order valence-corrected chi connectivity index (χ4v) is 5.36. The molecule has 0 radical (unpaired) electrons. The molecule has 1 aromatic carbocycles. The largest absolute Gasteiger partial charge is 0.393 e. The van der Waals surface area contributed by atoms with Gasteiger partial charge in [0.25, 0.3) is 0 Å². The van der Waals surface area contributed by atoms with Crippen molar-refractivity contribution in [3.8, 4) is 0 Å². The van der Waals surface area contributed by atoms with Gasteiger partial charge in [0.05, 0.1) is 39.0 Å². The molecule has 0 atom stereocenters. The average molecular weight is 585 g/mol. The number of hydrogen-bond donors (Lipinski definition) is 6. The number of hydrogen-bond acceptors (Lipinski definition) is 11. The van der Waals surface area contributed by atoms with Crippen LogP contribution in [0, 0.1) is 5.92 Å².